The molecule has 3 rings (SSSR count). The molecule has 1 aromatic rings. The predicted octanol–water partition coefficient (Wildman–Crippen LogP) is 1.73. The first-order valence-electron chi connectivity index (χ1n) is 10.0. The van der Waals surface area contributed by atoms with Crippen LogP contribution in [0, 0.1) is 11.7 Å². The van der Waals surface area contributed by atoms with E-state index in [1.165, 1.54) is 16.6 Å². The van der Waals surface area contributed by atoms with Gasteiger partial charge >= 0.3 is 0 Å². The lowest BCUT2D eigenvalue weighted by atomic mass is 9.97. The van der Waals surface area contributed by atoms with Crippen LogP contribution in [0.4, 0.5) is 10.1 Å². The standard InChI is InChI=1S/C20H30FN3O4S/c1-14-12-23(13-15(2)28-14)19-5-4-16(10-18(19)21)11-22-20(25)17-6-8-24(9-7-17)29(3,26)27/h4-5,10,14-15,17H,6-9,11-13H2,1-3H3,(H,22,25). The van der Waals surface area contributed by atoms with E-state index >= 15 is 0 Å². The lowest BCUT2D eigenvalue weighted by molar-refractivity contribution is -0.126. The van der Waals surface area contributed by atoms with Gasteiger partial charge in [-0.05, 0) is 44.4 Å². The molecule has 1 aromatic carbocycles. The lowest BCUT2D eigenvalue weighted by Crippen LogP contribution is -2.45. The first-order chi connectivity index (χ1) is 13.6. The quantitative estimate of drug-likeness (QED) is 0.774. The highest BCUT2D eigenvalue weighted by Crippen LogP contribution is 2.25. The van der Waals surface area contributed by atoms with E-state index in [2.05, 4.69) is 5.32 Å². The zero-order valence-electron chi connectivity index (χ0n) is 17.2. The zero-order valence-corrected chi connectivity index (χ0v) is 18.0. The summed E-state index contributed by atoms with van der Waals surface area (Å²) < 4.78 is 44.9. The number of benzene rings is 1. The molecular weight excluding hydrogens is 397 g/mol. The van der Waals surface area contributed by atoms with Crippen molar-refractivity contribution in [2.24, 2.45) is 5.92 Å². The monoisotopic (exact) mass is 427 g/mol. The summed E-state index contributed by atoms with van der Waals surface area (Å²) in [4.78, 5) is 14.4. The number of morpholine rings is 1. The number of nitrogens with one attached hydrogen (secondary N) is 1. The fourth-order valence-electron chi connectivity index (χ4n) is 4.07. The fraction of sp³-hybridized carbons (Fsp3) is 0.650. The molecule has 29 heavy (non-hydrogen) atoms. The van der Waals surface area contributed by atoms with Gasteiger partial charge in [0, 0.05) is 38.6 Å². The van der Waals surface area contributed by atoms with Gasteiger partial charge in [0.05, 0.1) is 24.2 Å². The Morgan fingerprint density at radius 2 is 1.83 bits per heavy atom. The predicted molar refractivity (Wildman–Crippen MR) is 110 cm³/mol. The van der Waals surface area contributed by atoms with Crippen LogP contribution in [0.5, 0.6) is 0 Å². The molecule has 1 N–H and O–H groups in total. The van der Waals surface area contributed by atoms with Crippen LogP contribution in [0.15, 0.2) is 18.2 Å². The summed E-state index contributed by atoms with van der Waals surface area (Å²) in [5.74, 6) is -0.633. The number of sulfonamides is 1. The maximum Gasteiger partial charge on any atom is 0.223 e. The second-order valence-electron chi connectivity index (χ2n) is 8.10. The third-order valence-corrected chi connectivity index (χ3v) is 6.84. The number of carbonyl (C=O) groups is 1. The van der Waals surface area contributed by atoms with Crippen molar-refractivity contribution in [2.45, 2.75) is 45.4 Å². The molecule has 1 amide bonds. The molecule has 2 heterocycles. The number of rotatable bonds is 5. The van der Waals surface area contributed by atoms with E-state index in [4.69, 9.17) is 4.74 Å². The summed E-state index contributed by atoms with van der Waals surface area (Å²) in [6.45, 7) is 6.20. The summed E-state index contributed by atoms with van der Waals surface area (Å²) in [5.41, 5.74) is 1.25. The second kappa shape index (κ2) is 8.97. The van der Waals surface area contributed by atoms with Gasteiger partial charge in [-0.25, -0.2) is 17.1 Å². The van der Waals surface area contributed by atoms with Crippen LogP contribution in [0.2, 0.25) is 0 Å². The normalized spacial score (nSPS) is 24.5. The largest absolute Gasteiger partial charge is 0.372 e. The molecule has 2 aliphatic heterocycles. The Labute approximate surface area is 172 Å². The maximum atomic E-state index is 14.7. The summed E-state index contributed by atoms with van der Waals surface area (Å²) in [6.07, 6.45) is 2.28. The van der Waals surface area contributed by atoms with Crippen molar-refractivity contribution in [3.8, 4) is 0 Å². The van der Waals surface area contributed by atoms with Crippen LogP contribution >= 0.6 is 0 Å². The minimum absolute atomic E-state index is 0.0474. The van der Waals surface area contributed by atoms with Crippen LogP contribution in [0.25, 0.3) is 0 Å². The fourth-order valence-corrected chi connectivity index (χ4v) is 4.95. The number of amides is 1. The van der Waals surface area contributed by atoms with Crippen molar-refractivity contribution in [2.75, 3.05) is 37.3 Å². The van der Waals surface area contributed by atoms with Gasteiger partial charge in [0.15, 0.2) is 0 Å². The Morgan fingerprint density at radius 3 is 2.38 bits per heavy atom. The number of carbonyl (C=O) groups excluding carboxylic acids is 1. The summed E-state index contributed by atoms with van der Waals surface area (Å²) in [6, 6.07) is 5.05. The van der Waals surface area contributed by atoms with E-state index in [1.807, 2.05) is 24.8 Å². The molecule has 2 fully saturated rings. The number of anilines is 1. The minimum atomic E-state index is -3.21. The van der Waals surface area contributed by atoms with E-state index in [1.54, 1.807) is 6.07 Å². The third-order valence-electron chi connectivity index (χ3n) is 5.53. The number of hydrogen-bond donors (Lipinski definition) is 1. The van der Waals surface area contributed by atoms with E-state index < -0.39 is 10.0 Å². The molecule has 0 aliphatic carbocycles. The molecule has 0 radical (unpaired) electrons. The first kappa shape index (κ1) is 22.0. The van der Waals surface area contributed by atoms with Gasteiger partial charge in [0.1, 0.15) is 5.82 Å². The minimum Gasteiger partial charge on any atom is -0.372 e. The van der Waals surface area contributed by atoms with E-state index in [0.29, 0.717) is 50.3 Å². The molecule has 0 spiro atoms. The average Bonchev–Trinajstić information content (AvgIpc) is 2.64. The highest BCUT2D eigenvalue weighted by Gasteiger charge is 2.29. The van der Waals surface area contributed by atoms with Gasteiger partial charge in [0.2, 0.25) is 15.9 Å². The van der Waals surface area contributed by atoms with Gasteiger partial charge < -0.3 is 15.0 Å². The molecule has 2 saturated heterocycles. The Kier molecular flexibility index (Phi) is 6.80. The van der Waals surface area contributed by atoms with Gasteiger partial charge in [-0.3, -0.25) is 4.79 Å². The van der Waals surface area contributed by atoms with E-state index in [-0.39, 0.29) is 36.4 Å². The second-order valence-corrected chi connectivity index (χ2v) is 10.1. The number of piperidine rings is 1. The van der Waals surface area contributed by atoms with Gasteiger partial charge in [-0.1, -0.05) is 6.07 Å². The molecule has 0 saturated carbocycles. The summed E-state index contributed by atoms with van der Waals surface area (Å²) >= 11 is 0. The molecule has 2 aliphatic rings. The van der Waals surface area contributed by atoms with Crippen molar-refractivity contribution >= 4 is 21.6 Å². The third kappa shape index (κ3) is 5.67. The van der Waals surface area contributed by atoms with Gasteiger partial charge in [0.25, 0.3) is 0 Å². The number of hydrogen-bond acceptors (Lipinski definition) is 5. The smallest absolute Gasteiger partial charge is 0.223 e. The zero-order chi connectivity index (χ0) is 21.2. The van der Waals surface area contributed by atoms with Crippen molar-refractivity contribution in [1.82, 2.24) is 9.62 Å². The van der Waals surface area contributed by atoms with Crippen LogP contribution in [-0.4, -0.2) is 63.3 Å². The lowest BCUT2D eigenvalue weighted by Gasteiger charge is -2.37. The highest BCUT2D eigenvalue weighted by molar-refractivity contribution is 7.88. The summed E-state index contributed by atoms with van der Waals surface area (Å²) in [7, 11) is -3.21. The van der Waals surface area contributed by atoms with Crippen LogP contribution < -0.4 is 10.2 Å². The van der Waals surface area contributed by atoms with E-state index in [0.717, 1.165) is 0 Å². The molecule has 2 unspecified atom stereocenters. The van der Waals surface area contributed by atoms with Crippen LogP contribution in [-0.2, 0) is 26.1 Å². The van der Waals surface area contributed by atoms with Crippen molar-refractivity contribution in [3.63, 3.8) is 0 Å². The molecule has 9 heteroatoms. The first-order valence-corrected chi connectivity index (χ1v) is 11.9. The molecule has 0 aromatic heterocycles. The number of nitrogens with zero attached hydrogens (tertiary/aromatic N) is 2. The van der Waals surface area contributed by atoms with Crippen LogP contribution in [0.3, 0.4) is 0 Å². The van der Waals surface area contributed by atoms with Crippen molar-refractivity contribution in [3.05, 3.63) is 29.6 Å². The average molecular weight is 428 g/mol. The van der Waals surface area contributed by atoms with Crippen molar-refractivity contribution in [1.29, 1.82) is 0 Å². The Hall–Kier alpha value is -1.71. The number of ether oxygens (including phenoxy) is 1. The topological polar surface area (TPSA) is 79.0 Å². The molecular formula is C20H30FN3O4S. The highest BCUT2D eigenvalue weighted by atomic mass is 32.2. The Bertz CT molecular complexity index is 830. The summed E-state index contributed by atoms with van der Waals surface area (Å²) in [5, 5.41) is 2.86. The van der Waals surface area contributed by atoms with Crippen LogP contribution in [0.1, 0.15) is 32.3 Å². The van der Waals surface area contributed by atoms with Gasteiger partial charge in [-0.15, -0.1) is 0 Å². The Morgan fingerprint density at radius 1 is 1.21 bits per heavy atom. The number of halogens is 1. The van der Waals surface area contributed by atoms with Gasteiger partial charge in [-0.2, -0.15) is 0 Å². The molecule has 7 nitrogen and oxygen atoms in total. The Balaban J connectivity index is 1.53. The SMILES string of the molecule is CC1CN(c2ccc(CNC(=O)C3CCN(S(C)(=O)=O)CC3)cc2F)CC(C)O1. The van der Waals surface area contributed by atoms with Crippen molar-refractivity contribution < 1.29 is 22.3 Å². The molecule has 0 bridgehead atoms. The molecule has 162 valence electrons. The molecule has 2 atom stereocenters. The van der Waals surface area contributed by atoms with E-state index in [9.17, 15) is 17.6 Å². The maximum absolute atomic E-state index is 14.7.